The lowest BCUT2D eigenvalue weighted by atomic mass is 10.1. The van der Waals surface area contributed by atoms with Crippen LogP contribution in [0.25, 0.3) is 0 Å². The third-order valence-electron chi connectivity index (χ3n) is 4.62. The van der Waals surface area contributed by atoms with Crippen LogP contribution in [0.15, 0.2) is 36.4 Å². The molecule has 0 N–H and O–H groups in total. The topological polar surface area (TPSA) is 57.2 Å². The molecule has 0 saturated carbocycles. The van der Waals surface area contributed by atoms with Gasteiger partial charge in [-0.25, -0.2) is 0 Å². The van der Waals surface area contributed by atoms with E-state index in [1.54, 1.807) is 30.0 Å². The van der Waals surface area contributed by atoms with Crippen molar-refractivity contribution in [2.24, 2.45) is 0 Å². The zero-order valence-electron chi connectivity index (χ0n) is 14.0. The van der Waals surface area contributed by atoms with Crippen molar-refractivity contribution in [3.05, 3.63) is 47.5 Å². The molecule has 0 bridgehead atoms. The zero-order chi connectivity index (χ0) is 17.5. The fourth-order valence-electron chi connectivity index (χ4n) is 3.36. The van der Waals surface area contributed by atoms with Crippen LogP contribution in [0.4, 0.5) is 0 Å². The molecule has 3 aliphatic heterocycles. The number of nitrogens with zero attached hydrogens (tertiary/aromatic N) is 1. The number of amides is 1. The minimum absolute atomic E-state index is 0.00631. The monoisotopic (exact) mass is 371 g/mol. The van der Waals surface area contributed by atoms with Gasteiger partial charge in [-0.1, -0.05) is 6.07 Å². The van der Waals surface area contributed by atoms with Gasteiger partial charge in [-0.05, 0) is 35.9 Å². The van der Waals surface area contributed by atoms with Crippen LogP contribution < -0.4 is 18.9 Å². The number of ether oxygens (including phenoxy) is 4. The Balaban J connectivity index is 1.42. The summed E-state index contributed by atoms with van der Waals surface area (Å²) in [6.07, 6.45) is 0. The van der Waals surface area contributed by atoms with E-state index in [0.717, 1.165) is 22.8 Å². The van der Waals surface area contributed by atoms with Crippen LogP contribution in [0.1, 0.15) is 21.3 Å². The molecular weight excluding hydrogens is 354 g/mol. The first-order chi connectivity index (χ1) is 12.8. The molecule has 1 atom stereocenters. The van der Waals surface area contributed by atoms with Gasteiger partial charge in [-0.15, -0.1) is 11.8 Å². The van der Waals surface area contributed by atoms with Gasteiger partial charge < -0.3 is 23.8 Å². The maximum atomic E-state index is 13.1. The van der Waals surface area contributed by atoms with Crippen LogP contribution in [0.3, 0.4) is 0 Å². The summed E-state index contributed by atoms with van der Waals surface area (Å²) in [5.74, 6) is 3.70. The molecule has 5 rings (SSSR count). The van der Waals surface area contributed by atoms with E-state index in [-0.39, 0.29) is 18.1 Å². The third kappa shape index (κ3) is 2.63. The molecule has 0 spiro atoms. The van der Waals surface area contributed by atoms with Crippen LogP contribution in [0, 0.1) is 0 Å². The Morgan fingerprint density at radius 2 is 1.65 bits per heavy atom. The van der Waals surface area contributed by atoms with Crippen molar-refractivity contribution >= 4 is 17.7 Å². The number of hydrogen-bond acceptors (Lipinski definition) is 6. The van der Waals surface area contributed by atoms with Gasteiger partial charge in [0.05, 0.1) is 0 Å². The van der Waals surface area contributed by atoms with E-state index in [2.05, 4.69) is 0 Å². The molecule has 1 saturated heterocycles. The third-order valence-corrected chi connectivity index (χ3v) is 5.88. The molecule has 1 fully saturated rings. The van der Waals surface area contributed by atoms with Crippen molar-refractivity contribution in [3.63, 3.8) is 0 Å². The number of benzene rings is 2. The summed E-state index contributed by atoms with van der Waals surface area (Å²) in [4.78, 5) is 15.0. The van der Waals surface area contributed by atoms with Gasteiger partial charge in [0.25, 0.3) is 5.91 Å². The number of fused-ring (bicyclic) bond motifs is 2. The highest BCUT2D eigenvalue weighted by molar-refractivity contribution is 7.99. The lowest BCUT2D eigenvalue weighted by Gasteiger charge is -2.26. The second-order valence-corrected chi connectivity index (χ2v) is 7.38. The van der Waals surface area contributed by atoms with Crippen molar-refractivity contribution in [1.82, 2.24) is 4.90 Å². The number of hydrogen-bond donors (Lipinski definition) is 0. The van der Waals surface area contributed by atoms with Gasteiger partial charge in [0.2, 0.25) is 6.79 Å². The van der Waals surface area contributed by atoms with Gasteiger partial charge >= 0.3 is 0 Å². The Kier molecular flexibility index (Phi) is 3.81. The summed E-state index contributed by atoms with van der Waals surface area (Å²) < 4.78 is 22.0. The summed E-state index contributed by atoms with van der Waals surface area (Å²) in [5.41, 5.74) is 1.66. The largest absolute Gasteiger partial charge is 0.486 e. The molecule has 6 nitrogen and oxygen atoms in total. The smallest absolute Gasteiger partial charge is 0.255 e. The van der Waals surface area contributed by atoms with E-state index in [0.29, 0.717) is 36.8 Å². The van der Waals surface area contributed by atoms with E-state index in [1.165, 1.54) is 0 Å². The number of thioether (sulfide) groups is 1. The molecular formula is C19H17NO5S. The molecule has 26 heavy (non-hydrogen) atoms. The van der Waals surface area contributed by atoms with Crippen LogP contribution in [0.5, 0.6) is 23.0 Å². The molecule has 3 aliphatic rings. The Hall–Kier alpha value is -2.54. The van der Waals surface area contributed by atoms with Crippen molar-refractivity contribution in [2.45, 2.75) is 5.37 Å². The predicted octanol–water partition coefficient (Wildman–Crippen LogP) is 3.07. The van der Waals surface area contributed by atoms with E-state index in [4.69, 9.17) is 18.9 Å². The number of carbonyl (C=O) groups is 1. The van der Waals surface area contributed by atoms with Gasteiger partial charge in [0.1, 0.15) is 18.6 Å². The van der Waals surface area contributed by atoms with Gasteiger partial charge in [-0.2, -0.15) is 0 Å². The molecule has 1 unspecified atom stereocenters. The lowest BCUT2D eigenvalue weighted by Crippen LogP contribution is -2.30. The quantitative estimate of drug-likeness (QED) is 0.809. The van der Waals surface area contributed by atoms with Crippen LogP contribution in [0.2, 0.25) is 0 Å². The molecule has 2 aromatic carbocycles. The molecule has 0 radical (unpaired) electrons. The summed E-state index contributed by atoms with van der Waals surface area (Å²) in [7, 11) is 0. The SMILES string of the molecule is O=C(c1ccc2c(c1)OCO2)N1CCSC1c1ccc2c(c1)OCCO2. The Bertz CT molecular complexity index is 871. The summed E-state index contributed by atoms with van der Waals surface area (Å²) in [6, 6.07) is 11.3. The first-order valence-electron chi connectivity index (χ1n) is 8.51. The Morgan fingerprint density at radius 3 is 2.58 bits per heavy atom. The average molecular weight is 371 g/mol. The lowest BCUT2D eigenvalue weighted by molar-refractivity contribution is 0.0759. The highest BCUT2D eigenvalue weighted by Gasteiger charge is 2.32. The summed E-state index contributed by atoms with van der Waals surface area (Å²) in [5, 5.41) is -0.0382. The highest BCUT2D eigenvalue weighted by Crippen LogP contribution is 2.43. The number of carbonyl (C=O) groups excluding carboxylic acids is 1. The average Bonchev–Trinajstić information content (AvgIpc) is 3.35. The fraction of sp³-hybridized carbons (Fsp3) is 0.316. The van der Waals surface area contributed by atoms with Gasteiger partial charge in [0, 0.05) is 17.9 Å². The van der Waals surface area contributed by atoms with Crippen LogP contribution in [-0.2, 0) is 0 Å². The van der Waals surface area contributed by atoms with Crippen molar-refractivity contribution < 1.29 is 23.7 Å². The minimum atomic E-state index is -0.0382. The maximum Gasteiger partial charge on any atom is 0.255 e. The van der Waals surface area contributed by atoms with Gasteiger partial charge in [0.15, 0.2) is 23.0 Å². The standard InChI is InChI=1S/C19H17NO5S/c21-18(12-1-3-15-17(9-12)25-11-24-15)20-5-8-26-19(20)13-2-4-14-16(10-13)23-7-6-22-14/h1-4,9-10,19H,5-8,11H2. The first kappa shape index (κ1) is 15.7. The number of rotatable bonds is 2. The van der Waals surface area contributed by atoms with E-state index in [1.807, 2.05) is 23.1 Å². The normalized spacial score (nSPS) is 20.3. The van der Waals surface area contributed by atoms with E-state index >= 15 is 0 Å². The maximum absolute atomic E-state index is 13.1. The fourth-order valence-corrected chi connectivity index (χ4v) is 4.61. The van der Waals surface area contributed by atoms with Crippen molar-refractivity contribution in [1.29, 1.82) is 0 Å². The van der Waals surface area contributed by atoms with Gasteiger partial charge in [-0.3, -0.25) is 4.79 Å². The summed E-state index contributed by atoms with van der Waals surface area (Å²) >= 11 is 1.76. The molecule has 3 heterocycles. The van der Waals surface area contributed by atoms with E-state index < -0.39 is 0 Å². The highest BCUT2D eigenvalue weighted by atomic mass is 32.2. The minimum Gasteiger partial charge on any atom is -0.486 e. The first-order valence-corrected chi connectivity index (χ1v) is 9.56. The second-order valence-electron chi connectivity index (χ2n) is 6.19. The molecule has 7 heteroatoms. The Morgan fingerprint density at radius 1 is 0.923 bits per heavy atom. The molecule has 0 aromatic heterocycles. The second kappa shape index (κ2) is 6.32. The molecule has 134 valence electrons. The zero-order valence-corrected chi connectivity index (χ0v) is 14.8. The summed E-state index contributed by atoms with van der Waals surface area (Å²) in [6.45, 7) is 2.02. The predicted molar refractivity (Wildman–Crippen MR) is 96.2 cm³/mol. The molecule has 2 aromatic rings. The van der Waals surface area contributed by atoms with Crippen LogP contribution in [-0.4, -0.2) is 43.1 Å². The van der Waals surface area contributed by atoms with Crippen LogP contribution >= 0.6 is 11.8 Å². The molecule has 1 amide bonds. The van der Waals surface area contributed by atoms with Crippen molar-refractivity contribution in [3.8, 4) is 23.0 Å². The Labute approximate surface area is 155 Å². The van der Waals surface area contributed by atoms with E-state index in [9.17, 15) is 4.79 Å². The van der Waals surface area contributed by atoms with Crippen molar-refractivity contribution in [2.75, 3.05) is 32.3 Å². The molecule has 0 aliphatic carbocycles.